The summed E-state index contributed by atoms with van der Waals surface area (Å²) in [6.45, 7) is 1.73. The minimum atomic E-state index is 0.306. The molecule has 1 heterocycles. The average molecular weight is 274 g/mol. The number of nitrogens with zero attached hydrogens (tertiary/aromatic N) is 1. The van der Waals surface area contributed by atoms with Crippen LogP contribution in [0.1, 0.15) is 37.7 Å². The number of aliphatic imine (C=N–C) groups is 1. The highest BCUT2D eigenvalue weighted by atomic mass is 16.5. The van der Waals surface area contributed by atoms with E-state index in [2.05, 4.69) is 16.4 Å². The fourth-order valence-electron chi connectivity index (χ4n) is 2.91. The maximum absolute atomic E-state index is 6.28. The summed E-state index contributed by atoms with van der Waals surface area (Å²) in [5.74, 6) is 2.56. The Balaban J connectivity index is 1.89. The van der Waals surface area contributed by atoms with Crippen LogP contribution in [0.25, 0.3) is 0 Å². The zero-order chi connectivity index (χ0) is 13.8. The van der Waals surface area contributed by atoms with E-state index in [0.29, 0.717) is 6.10 Å². The third kappa shape index (κ3) is 2.74. The third-order valence-electron chi connectivity index (χ3n) is 3.96. The van der Waals surface area contributed by atoms with Crippen molar-refractivity contribution in [3.8, 4) is 11.5 Å². The lowest BCUT2D eigenvalue weighted by molar-refractivity contribution is 0.149. The number of para-hydroxylation sites is 1. The lowest BCUT2D eigenvalue weighted by Gasteiger charge is -2.25. The molecule has 1 aromatic carbocycles. The van der Waals surface area contributed by atoms with Gasteiger partial charge in [-0.15, -0.1) is 0 Å². The van der Waals surface area contributed by atoms with Gasteiger partial charge in [-0.05, 0) is 37.8 Å². The van der Waals surface area contributed by atoms with Crippen LogP contribution in [0.15, 0.2) is 23.2 Å². The predicted molar refractivity (Wildman–Crippen MR) is 79.9 cm³/mol. The van der Waals surface area contributed by atoms with E-state index in [4.69, 9.17) is 9.47 Å². The van der Waals surface area contributed by atoms with Gasteiger partial charge in [-0.25, -0.2) is 0 Å². The maximum atomic E-state index is 6.28. The topological polar surface area (TPSA) is 42.8 Å². The van der Waals surface area contributed by atoms with Crippen molar-refractivity contribution in [3.63, 3.8) is 0 Å². The van der Waals surface area contributed by atoms with Crippen LogP contribution in [0.3, 0.4) is 0 Å². The fourth-order valence-corrected chi connectivity index (χ4v) is 2.91. The summed E-state index contributed by atoms with van der Waals surface area (Å²) in [5, 5.41) is 3.32. The van der Waals surface area contributed by atoms with Gasteiger partial charge in [0.25, 0.3) is 0 Å². The molecule has 0 saturated heterocycles. The molecule has 0 spiro atoms. The molecule has 0 atom stereocenters. The Morgan fingerprint density at radius 2 is 2.05 bits per heavy atom. The predicted octanol–water partition coefficient (Wildman–Crippen LogP) is 2.76. The van der Waals surface area contributed by atoms with Gasteiger partial charge in [0.1, 0.15) is 5.84 Å². The molecule has 1 aromatic rings. The van der Waals surface area contributed by atoms with Gasteiger partial charge in [-0.3, -0.25) is 4.99 Å². The molecule has 0 radical (unpaired) electrons. The number of benzene rings is 1. The first-order chi connectivity index (χ1) is 9.88. The van der Waals surface area contributed by atoms with E-state index < -0.39 is 0 Å². The highest BCUT2D eigenvalue weighted by molar-refractivity contribution is 6.02. The summed E-state index contributed by atoms with van der Waals surface area (Å²) >= 11 is 0. The number of nitrogens with one attached hydrogen (secondary N) is 1. The van der Waals surface area contributed by atoms with E-state index in [1.807, 2.05) is 12.1 Å². The van der Waals surface area contributed by atoms with Crippen LogP contribution in [-0.2, 0) is 0 Å². The maximum Gasteiger partial charge on any atom is 0.172 e. The molecular weight excluding hydrogens is 252 g/mol. The molecule has 20 heavy (non-hydrogen) atoms. The van der Waals surface area contributed by atoms with Crippen LogP contribution in [0.2, 0.25) is 0 Å². The molecule has 1 N–H and O–H groups in total. The van der Waals surface area contributed by atoms with Crippen LogP contribution >= 0.6 is 0 Å². The van der Waals surface area contributed by atoms with E-state index in [1.165, 1.54) is 19.3 Å². The largest absolute Gasteiger partial charge is 0.493 e. The Morgan fingerprint density at radius 1 is 1.20 bits per heavy atom. The molecule has 0 bridgehead atoms. The Hall–Kier alpha value is -1.71. The van der Waals surface area contributed by atoms with Crippen molar-refractivity contribution >= 4 is 5.84 Å². The normalized spacial score (nSPS) is 19.4. The fraction of sp³-hybridized carbons (Fsp3) is 0.562. The summed E-state index contributed by atoms with van der Waals surface area (Å²) in [5.41, 5.74) is 1.02. The first-order valence-electron chi connectivity index (χ1n) is 7.51. The molecule has 1 aliphatic heterocycles. The van der Waals surface area contributed by atoms with Gasteiger partial charge in [0, 0.05) is 6.54 Å². The summed E-state index contributed by atoms with van der Waals surface area (Å²) in [6.07, 6.45) is 6.42. The number of hydrogen-bond donors (Lipinski definition) is 1. The van der Waals surface area contributed by atoms with Crippen LogP contribution in [-0.4, -0.2) is 32.1 Å². The molecular formula is C16H22N2O2. The summed E-state index contributed by atoms with van der Waals surface area (Å²) in [4.78, 5) is 4.51. The quantitative estimate of drug-likeness (QED) is 0.918. The number of rotatable bonds is 4. The zero-order valence-electron chi connectivity index (χ0n) is 12.0. The van der Waals surface area contributed by atoms with Crippen molar-refractivity contribution in [1.82, 2.24) is 5.32 Å². The van der Waals surface area contributed by atoms with Gasteiger partial charge in [-0.2, -0.15) is 0 Å². The molecule has 4 heteroatoms. The van der Waals surface area contributed by atoms with Gasteiger partial charge in [0.15, 0.2) is 11.5 Å². The van der Waals surface area contributed by atoms with E-state index in [-0.39, 0.29) is 0 Å². The van der Waals surface area contributed by atoms with Crippen molar-refractivity contribution in [3.05, 3.63) is 23.8 Å². The second kappa shape index (κ2) is 6.16. The van der Waals surface area contributed by atoms with E-state index in [0.717, 1.165) is 48.8 Å². The molecule has 1 saturated carbocycles. The molecule has 4 nitrogen and oxygen atoms in total. The summed E-state index contributed by atoms with van der Waals surface area (Å²) in [7, 11) is 1.69. The van der Waals surface area contributed by atoms with E-state index in [1.54, 1.807) is 7.11 Å². The highest BCUT2D eigenvalue weighted by Gasteiger charge is 2.22. The second-order valence-corrected chi connectivity index (χ2v) is 5.37. The SMILES string of the molecule is COc1cccc(C2=NCCN2)c1OC1CCCCC1. The highest BCUT2D eigenvalue weighted by Crippen LogP contribution is 2.34. The van der Waals surface area contributed by atoms with Gasteiger partial charge in [0.05, 0.1) is 25.3 Å². The molecule has 0 unspecified atom stereocenters. The number of hydrogen-bond acceptors (Lipinski definition) is 4. The van der Waals surface area contributed by atoms with Gasteiger partial charge in [-0.1, -0.05) is 12.5 Å². The van der Waals surface area contributed by atoms with Crippen molar-refractivity contribution in [1.29, 1.82) is 0 Å². The van der Waals surface area contributed by atoms with E-state index in [9.17, 15) is 0 Å². The second-order valence-electron chi connectivity index (χ2n) is 5.37. The molecule has 1 fully saturated rings. The first-order valence-corrected chi connectivity index (χ1v) is 7.51. The average Bonchev–Trinajstić information content (AvgIpc) is 3.02. The lowest BCUT2D eigenvalue weighted by atomic mass is 9.97. The van der Waals surface area contributed by atoms with Gasteiger partial charge in [0.2, 0.25) is 0 Å². The smallest absolute Gasteiger partial charge is 0.172 e. The lowest BCUT2D eigenvalue weighted by Crippen LogP contribution is -2.24. The van der Waals surface area contributed by atoms with Gasteiger partial charge < -0.3 is 14.8 Å². The minimum absolute atomic E-state index is 0.306. The number of amidine groups is 1. The van der Waals surface area contributed by atoms with Crippen LogP contribution in [0.5, 0.6) is 11.5 Å². The minimum Gasteiger partial charge on any atom is -0.493 e. The Kier molecular flexibility index (Phi) is 4.09. The Labute approximate surface area is 120 Å². The summed E-state index contributed by atoms with van der Waals surface area (Å²) in [6, 6.07) is 6.00. The van der Waals surface area contributed by atoms with Crippen LogP contribution in [0, 0.1) is 0 Å². The Bertz CT molecular complexity index is 493. The molecule has 0 aromatic heterocycles. The zero-order valence-corrected chi connectivity index (χ0v) is 12.0. The molecule has 0 amide bonds. The molecule has 3 rings (SSSR count). The standard InChI is InChI=1S/C16H22N2O2/c1-19-14-9-5-8-13(16-17-10-11-18-16)15(14)20-12-6-3-2-4-7-12/h5,8-9,12H,2-4,6-7,10-11H2,1H3,(H,17,18). The molecule has 2 aliphatic rings. The molecule has 1 aliphatic carbocycles. The molecule has 108 valence electrons. The van der Waals surface area contributed by atoms with Crippen molar-refractivity contribution in [2.75, 3.05) is 20.2 Å². The van der Waals surface area contributed by atoms with Crippen LogP contribution < -0.4 is 14.8 Å². The van der Waals surface area contributed by atoms with E-state index >= 15 is 0 Å². The number of ether oxygens (including phenoxy) is 2. The van der Waals surface area contributed by atoms with Crippen LogP contribution in [0.4, 0.5) is 0 Å². The van der Waals surface area contributed by atoms with Crippen molar-refractivity contribution in [2.24, 2.45) is 4.99 Å². The van der Waals surface area contributed by atoms with Crippen molar-refractivity contribution < 1.29 is 9.47 Å². The first kappa shape index (κ1) is 13.3. The third-order valence-corrected chi connectivity index (χ3v) is 3.96. The number of methoxy groups -OCH3 is 1. The van der Waals surface area contributed by atoms with Gasteiger partial charge >= 0.3 is 0 Å². The summed E-state index contributed by atoms with van der Waals surface area (Å²) < 4.78 is 11.8. The monoisotopic (exact) mass is 274 g/mol. The van der Waals surface area contributed by atoms with Crippen molar-refractivity contribution in [2.45, 2.75) is 38.2 Å². The Morgan fingerprint density at radius 3 is 2.75 bits per heavy atom.